The van der Waals surface area contributed by atoms with Crippen molar-refractivity contribution < 1.29 is 18.0 Å². The minimum atomic E-state index is -4.46. The molecule has 0 saturated carbocycles. The standard InChI is InChI=1S/C15H14F3N5O/c16-15(17,18)12-7-21-13(22-12)9-2-1-3-23(8-9)14(24)10-4-11(5-19)20-6-10/h4,6-7,9,20H,1-3,8H2,(H,21,22)/t9-/m0/s1. The highest BCUT2D eigenvalue weighted by Gasteiger charge is 2.35. The molecule has 0 aromatic carbocycles. The predicted molar refractivity (Wildman–Crippen MR) is 77.0 cm³/mol. The Morgan fingerprint density at radius 3 is 2.88 bits per heavy atom. The van der Waals surface area contributed by atoms with Crippen LogP contribution in [0.15, 0.2) is 18.5 Å². The lowest BCUT2D eigenvalue weighted by Crippen LogP contribution is -2.39. The van der Waals surface area contributed by atoms with Crippen molar-refractivity contribution >= 4 is 5.91 Å². The van der Waals surface area contributed by atoms with E-state index in [9.17, 15) is 18.0 Å². The molecule has 2 aromatic rings. The van der Waals surface area contributed by atoms with E-state index in [1.165, 1.54) is 12.3 Å². The number of nitrogens with zero attached hydrogens (tertiary/aromatic N) is 3. The van der Waals surface area contributed by atoms with Crippen molar-refractivity contribution in [3.8, 4) is 6.07 Å². The first-order valence-electron chi connectivity index (χ1n) is 7.38. The molecular formula is C15H14F3N5O. The lowest BCUT2D eigenvalue weighted by molar-refractivity contribution is -0.141. The minimum Gasteiger partial charge on any atom is -0.352 e. The normalized spacial score (nSPS) is 18.4. The summed E-state index contributed by atoms with van der Waals surface area (Å²) in [6.45, 7) is 0.811. The van der Waals surface area contributed by atoms with E-state index in [1.54, 1.807) is 4.90 Å². The Balaban J connectivity index is 1.73. The van der Waals surface area contributed by atoms with E-state index in [-0.39, 0.29) is 29.9 Å². The van der Waals surface area contributed by atoms with Crippen LogP contribution in [0.1, 0.15) is 46.3 Å². The number of hydrogen-bond acceptors (Lipinski definition) is 3. The zero-order valence-electron chi connectivity index (χ0n) is 12.5. The van der Waals surface area contributed by atoms with Crippen molar-refractivity contribution in [3.05, 3.63) is 41.2 Å². The fraction of sp³-hybridized carbons (Fsp3) is 0.400. The van der Waals surface area contributed by atoms with Crippen LogP contribution in [0.5, 0.6) is 0 Å². The summed E-state index contributed by atoms with van der Waals surface area (Å²) in [5, 5.41) is 8.79. The monoisotopic (exact) mass is 337 g/mol. The number of halogens is 3. The van der Waals surface area contributed by atoms with E-state index in [1.807, 2.05) is 6.07 Å². The van der Waals surface area contributed by atoms with Crippen LogP contribution in [0.3, 0.4) is 0 Å². The third-order valence-electron chi connectivity index (χ3n) is 4.05. The lowest BCUT2D eigenvalue weighted by Gasteiger charge is -2.31. The Kier molecular flexibility index (Phi) is 4.05. The third kappa shape index (κ3) is 3.13. The van der Waals surface area contributed by atoms with Gasteiger partial charge < -0.3 is 14.9 Å². The van der Waals surface area contributed by atoms with Crippen molar-refractivity contribution in [2.75, 3.05) is 13.1 Å². The molecule has 6 nitrogen and oxygen atoms in total. The molecule has 0 radical (unpaired) electrons. The fourth-order valence-corrected chi connectivity index (χ4v) is 2.84. The van der Waals surface area contributed by atoms with E-state index in [0.29, 0.717) is 24.9 Å². The summed E-state index contributed by atoms with van der Waals surface area (Å²) >= 11 is 0. The van der Waals surface area contributed by atoms with Gasteiger partial charge in [-0.1, -0.05) is 0 Å². The quantitative estimate of drug-likeness (QED) is 0.883. The second-order valence-electron chi connectivity index (χ2n) is 5.68. The number of amides is 1. The lowest BCUT2D eigenvalue weighted by atomic mass is 9.97. The smallest absolute Gasteiger partial charge is 0.352 e. The van der Waals surface area contributed by atoms with Gasteiger partial charge in [-0.05, 0) is 18.9 Å². The highest BCUT2D eigenvalue weighted by Crippen LogP contribution is 2.31. The molecule has 3 heterocycles. The van der Waals surface area contributed by atoms with Crippen LogP contribution < -0.4 is 0 Å². The number of carbonyl (C=O) groups is 1. The fourth-order valence-electron chi connectivity index (χ4n) is 2.84. The first-order valence-corrected chi connectivity index (χ1v) is 7.38. The molecular weight excluding hydrogens is 323 g/mol. The van der Waals surface area contributed by atoms with Crippen molar-refractivity contribution in [1.82, 2.24) is 19.9 Å². The minimum absolute atomic E-state index is 0.242. The number of aromatic amines is 2. The zero-order chi connectivity index (χ0) is 17.3. The molecule has 1 aliphatic rings. The van der Waals surface area contributed by atoms with Crippen molar-refractivity contribution in [2.45, 2.75) is 24.9 Å². The molecule has 126 valence electrons. The highest BCUT2D eigenvalue weighted by molar-refractivity contribution is 5.94. The number of likely N-dealkylation sites (tertiary alicyclic amines) is 1. The van der Waals surface area contributed by atoms with E-state index in [0.717, 1.165) is 6.20 Å². The molecule has 0 spiro atoms. The van der Waals surface area contributed by atoms with E-state index in [2.05, 4.69) is 15.0 Å². The predicted octanol–water partition coefficient (Wildman–Crippen LogP) is 2.65. The van der Waals surface area contributed by atoms with Gasteiger partial charge in [-0.15, -0.1) is 0 Å². The average Bonchev–Trinajstić information content (AvgIpc) is 3.23. The van der Waals surface area contributed by atoms with Gasteiger partial charge in [-0.3, -0.25) is 4.79 Å². The topological polar surface area (TPSA) is 88.6 Å². The Hall–Kier alpha value is -2.76. The largest absolute Gasteiger partial charge is 0.432 e. The van der Waals surface area contributed by atoms with Crippen LogP contribution in [0, 0.1) is 11.3 Å². The maximum atomic E-state index is 12.7. The zero-order valence-corrected chi connectivity index (χ0v) is 12.5. The summed E-state index contributed by atoms with van der Waals surface area (Å²) in [5.74, 6) is -0.278. The molecule has 1 aliphatic heterocycles. The summed E-state index contributed by atoms with van der Waals surface area (Å²) in [5.41, 5.74) is -0.236. The Labute approximate surface area is 135 Å². The van der Waals surface area contributed by atoms with Gasteiger partial charge >= 0.3 is 6.18 Å². The summed E-state index contributed by atoms with van der Waals surface area (Å²) in [4.78, 5) is 22.9. The third-order valence-corrected chi connectivity index (χ3v) is 4.05. The van der Waals surface area contributed by atoms with E-state index < -0.39 is 11.9 Å². The first-order chi connectivity index (χ1) is 11.4. The molecule has 2 N–H and O–H groups in total. The maximum Gasteiger partial charge on any atom is 0.432 e. The van der Waals surface area contributed by atoms with Gasteiger partial charge in [-0.25, -0.2) is 4.98 Å². The SMILES string of the molecule is N#Cc1cc(C(=O)N2CCC[C@H](c3ncc(C(F)(F)F)[nH]3)C2)c[nH]1. The Morgan fingerprint density at radius 2 is 2.25 bits per heavy atom. The summed E-state index contributed by atoms with van der Waals surface area (Å²) < 4.78 is 38.0. The van der Waals surface area contributed by atoms with Crippen LogP contribution in [-0.2, 0) is 6.18 Å². The Bertz CT molecular complexity index is 786. The van der Waals surface area contributed by atoms with Gasteiger partial charge in [0.25, 0.3) is 5.91 Å². The molecule has 0 aliphatic carbocycles. The number of hydrogen-bond donors (Lipinski definition) is 2. The van der Waals surface area contributed by atoms with E-state index >= 15 is 0 Å². The number of piperidine rings is 1. The number of rotatable bonds is 2. The van der Waals surface area contributed by atoms with Gasteiger partial charge in [0.05, 0.1) is 11.8 Å². The maximum absolute atomic E-state index is 12.7. The molecule has 0 unspecified atom stereocenters. The van der Waals surface area contributed by atoms with Crippen molar-refractivity contribution in [1.29, 1.82) is 5.26 Å². The van der Waals surface area contributed by atoms with Crippen LogP contribution in [0.4, 0.5) is 13.2 Å². The van der Waals surface area contributed by atoms with Gasteiger partial charge in [0.2, 0.25) is 0 Å². The molecule has 3 rings (SSSR count). The number of nitrogens with one attached hydrogen (secondary N) is 2. The number of imidazole rings is 1. The molecule has 1 saturated heterocycles. The number of nitriles is 1. The van der Waals surface area contributed by atoms with Crippen LogP contribution in [0.25, 0.3) is 0 Å². The molecule has 0 bridgehead atoms. The number of H-pyrrole nitrogens is 2. The average molecular weight is 337 g/mol. The first kappa shape index (κ1) is 16.1. The second kappa shape index (κ2) is 6.03. The second-order valence-corrected chi connectivity index (χ2v) is 5.68. The number of alkyl halides is 3. The number of aromatic nitrogens is 3. The molecule has 2 aromatic heterocycles. The van der Waals surface area contributed by atoms with Crippen LogP contribution >= 0.6 is 0 Å². The van der Waals surface area contributed by atoms with Crippen molar-refractivity contribution in [2.24, 2.45) is 0 Å². The highest BCUT2D eigenvalue weighted by atomic mass is 19.4. The molecule has 1 amide bonds. The summed E-state index contributed by atoms with van der Waals surface area (Å²) in [7, 11) is 0. The van der Waals surface area contributed by atoms with Crippen LogP contribution in [0.2, 0.25) is 0 Å². The van der Waals surface area contributed by atoms with Gasteiger partial charge in [0, 0.05) is 25.2 Å². The van der Waals surface area contributed by atoms with Gasteiger partial charge in [0.1, 0.15) is 23.3 Å². The van der Waals surface area contributed by atoms with Crippen LogP contribution in [-0.4, -0.2) is 38.8 Å². The molecule has 24 heavy (non-hydrogen) atoms. The number of carbonyl (C=O) groups excluding carboxylic acids is 1. The molecule has 1 fully saturated rings. The summed E-state index contributed by atoms with van der Waals surface area (Å²) in [6.07, 6.45) is -0.895. The van der Waals surface area contributed by atoms with Gasteiger partial charge in [0.15, 0.2) is 0 Å². The Morgan fingerprint density at radius 1 is 1.46 bits per heavy atom. The van der Waals surface area contributed by atoms with E-state index in [4.69, 9.17) is 5.26 Å². The summed E-state index contributed by atoms with van der Waals surface area (Å²) in [6, 6.07) is 3.37. The molecule has 1 atom stereocenters. The molecule has 9 heteroatoms. The van der Waals surface area contributed by atoms with Gasteiger partial charge in [-0.2, -0.15) is 18.4 Å². The van der Waals surface area contributed by atoms with Crippen molar-refractivity contribution in [3.63, 3.8) is 0 Å².